The second kappa shape index (κ2) is 12.2. The van der Waals surface area contributed by atoms with Crippen molar-refractivity contribution in [2.45, 2.75) is 70.0 Å². The summed E-state index contributed by atoms with van der Waals surface area (Å²) in [7, 11) is -1.29. The molecule has 14 nitrogen and oxygen atoms in total. The number of pyridine rings is 1. The summed E-state index contributed by atoms with van der Waals surface area (Å²) in [5.41, 5.74) is 4.60. The molecule has 5 aromatic rings. The van der Waals surface area contributed by atoms with E-state index in [0.29, 0.717) is 48.5 Å². The second-order valence-corrected chi connectivity index (χ2v) is 15.6. The molecule has 254 valence electrons. The summed E-state index contributed by atoms with van der Waals surface area (Å²) < 4.78 is 28.3. The van der Waals surface area contributed by atoms with Crippen molar-refractivity contribution in [3.63, 3.8) is 0 Å². The van der Waals surface area contributed by atoms with Gasteiger partial charge in [-0.05, 0) is 69.8 Å². The molecule has 0 bridgehead atoms. The molecular weight excluding hydrogens is 643 g/mol. The van der Waals surface area contributed by atoms with Crippen LogP contribution in [0.15, 0.2) is 55.1 Å². The van der Waals surface area contributed by atoms with Gasteiger partial charge < -0.3 is 15.5 Å². The highest BCUT2D eigenvalue weighted by Crippen LogP contribution is 2.33. The fraction of sp³-hybridized carbons (Fsp3) is 0.412. The molecule has 2 fully saturated rings. The average molecular weight is 682 g/mol. The number of aromatic nitrogens is 7. The van der Waals surface area contributed by atoms with Crippen molar-refractivity contribution in [1.29, 1.82) is 0 Å². The van der Waals surface area contributed by atoms with Crippen molar-refractivity contribution in [3.05, 3.63) is 71.8 Å². The van der Waals surface area contributed by atoms with Crippen LogP contribution in [-0.2, 0) is 23.1 Å². The molecule has 49 heavy (non-hydrogen) atoms. The van der Waals surface area contributed by atoms with Crippen molar-refractivity contribution < 1.29 is 13.2 Å². The predicted octanol–water partition coefficient (Wildman–Crippen LogP) is 4.09. The van der Waals surface area contributed by atoms with Crippen LogP contribution in [0.2, 0.25) is 0 Å². The highest BCUT2D eigenvalue weighted by Gasteiger charge is 2.37. The van der Waals surface area contributed by atoms with Gasteiger partial charge >= 0.3 is 0 Å². The molecule has 1 saturated heterocycles. The van der Waals surface area contributed by atoms with Gasteiger partial charge in [-0.3, -0.25) is 14.4 Å². The number of nitrogens with one attached hydrogen (secondary N) is 2. The summed E-state index contributed by atoms with van der Waals surface area (Å²) in [6.07, 6.45) is 9.81. The SMILES string of the molecule is CC(C)n1nc(N2CCC(N(C)Cc3ccc4c(c3)CNC4=O)CC2)c2cnc(Nc3ccnc(-c4cnn(S(=O)(=O)C5CC5)c4)n3)cc21. The molecule has 0 atom stereocenters. The standard InChI is InChI=1S/C34H39N11O3S/c1-21(2)45-29-15-31(39-30-8-11-35-32(40-30)24-17-38-44(20-24)49(47,48)26-5-6-26)36-18-28(29)33(41-45)43-12-9-25(10-13-43)42(3)19-22-4-7-27-23(14-22)16-37-34(27)46/h4,7-8,11,14-15,17-18,20-21,25-26H,5-6,9-10,12-13,16,19H2,1-3H3,(H,37,46)(H,35,36,39,40). The maximum Gasteiger partial charge on any atom is 0.256 e. The van der Waals surface area contributed by atoms with Crippen LogP contribution < -0.4 is 15.5 Å². The lowest BCUT2D eigenvalue weighted by Gasteiger charge is -2.37. The van der Waals surface area contributed by atoms with E-state index in [-0.39, 0.29) is 17.2 Å². The van der Waals surface area contributed by atoms with Crippen LogP contribution in [0, 0.1) is 0 Å². The van der Waals surface area contributed by atoms with Crippen LogP contribution in [0.5, 0.6) is 0 Å². The van der Waals surface area contributed by atoms with E-state index < -0.39 is 10.0 Å². The van der Waals surface area contributed by atoms with Gasteiger partial charge in [-0.2, -0.15) is 14.3 Å². The number of amides is 1. The zero-order chi connectivity index (χ0) is 33.9. The molecule has 1 saturated carbocycles. The summed E-state index contributed by atoms with van der Waals surface area (Å²) in [5.74, 6) is 2.48. The van der Waals surface area contributed by atoms with Gasteiger partial charge in [-0.1, -0.05) is 12.1 Å². The first-order valence-corrected chi connectivity index (χ1v) is 18.3. The molecule has 15 heteroatoms. The molecule has 0 spiro atoms. The lowest BCUT2D eigenvalue weighted by Crippen LogP contribution is -2.43. The van der Waals surface area contributed by atoms with E-state index in [1.165, 1.54) is 18.0 Å². The number of piperidine rings is 1. The fourth-order valence-corrected chi connectivity index (χ4v) is 8.28. The Balaban J connectivity index is 0.960. The summed E-state index contributed by atoms with van der Waals surface area (Å²) in [6, 6.07) is 10.5. The maximum absolute atomic E-state index is 12.6. The van der Waals surface area contributed by atoms with Crippen molar-refractivity contribution in [3.8, 4) is 11.4 Å². The number of anilines is 3. The molecule has 0 unspecified atom stereocenters. The lowest BCUT2D eigenvalue weighted by atomic mass is 10.0. The molecular formula is C34H39N11O3S. The molecule has 1 amide bonds. The molecule has 1 aliphatic carbocycles. The first kappa shape index (κ1) is 31.4. The normalized spacial score (nSPS) is 16.9. The van der Waals surface area contributed by atoms with Crippen LogP contribution in [0.3, 0.4) is 0 Å². The number of fused-ring (bicyclic) bond motifs is 2. The van der Waals surface area contributed by atoms with Gasteiger partial charge in [0.25, 0.3) is 15.9 Å². The van der Waals surface area contributed by atoms with E-state index in [1.54, 1.807) is 12.3 Å². The topological polar surface area (TPSA) is 156 Å². The maximum atomic E-state index is 12.6. The van der Waals surface area contributed by atoms with Crippen molar-refractivity contribution in [2.75, 3.05) is 30.4 Å². The van der Waals surface area contributed by atoms with Crippen LogP contribution in [0.25, 0.3) is 22.3 Å². The largest absolute Gasteiger partial charge is 0.354 e. The Morgan fingerprint density at radius 3 is 2.63 bits per heavy atom. The minimum atomic E-state index is -3.47. The van der Waals surface area contributed by atoms with Gasteiger partial charge in [-0.15, -0.1) is 0 Å². The number of benzene rings is 1. The molecule has 0 radical (unpaired) electrons. The molecule has 8 rings (SSSR count). The van der Waals surface area contributed by atoms with E-state index in [9.17, 15) is 13.2 Å². The van der Waals surface area contributed by atoms with Gasteiger partial charge in [0, 0.05) is 62.3 Å². The Kier molecular flexibility index (Phi) is 7.82. The van der Waals surface area contributed by atoms with Crippen LogP contribution in [0.1, 0.15) is 67.1 Å². The second-order valence-electron chi connectivity index (χ2n) is 13.5. The number of nitrogens with zero attached hydrogens (tertiary/aromatic N) is 9. The van der Waals surface area contributed by atoms with E-state index in [4.69, 9.17) is 10.1 Å². The first-order chi connectivity index (χ1) is 23.6. The third-order valence-corrected chi connectivity index (χ3v) is 11.7. The van der Waals surface area contributed by atoms with Gasteiger partial charge in [0.1, 0.15) is 11.6 Å². The first-order valence-electron chi connectivity index (χ1n) is 16.8. The fourth-order valence-electron chi connectivity index (χ4n) is 6.81. The number of rotatable bonds is 10. The molecule has 1 aromatic carbocycles. The Hall–Kier alpha value is -4.89. The lowest BCUT2D eigenvalue weighted by molar-refractivity contribution is 0.0965. The van der Waals surface area contributed by atoms with Crippen LogP contribution >= 0.6 is 0 Å². The Morgan fingerprint density at radius 2 is 1.86 bits per heavy atom. The third kappa shape index (κ3) is 6.01. The minimum absolute atomic E-state index is 0.0169. The van der Waals surface area contributed by atoms with E-state index >= 15 is 0 Å². The summed E-state index contributed by atoms with van der Waals surface area (Å²) in [4.78, 5) is 30.4. The quantitative estimate of drug-likeness (QED) is 0.219. The van der Waals surface area contributed by atoms with E-state index in [1.807, 2.05) is 23.0 Å². The Morgan fingerprint density at radius 1 is 1.04 bits per heavy atom. The molecule has 4 aromatic heterocycles. The number of carbonyl (C=O) groups excluding carboxylic acids is 1. The van der Waals surface area contributed by atoms with Crippen LogP contribution in [0.4, 0.5) is 17.5 Å². The molecule has 6 heterocycles. The van der Waals surface area contributed by atoms with Gasteiger partial charge in [0.05, 0.1) is 34.1 Å². The van der Waals surface area contributed by atoms with Crippen molar-refractivity contribution in [1.82, 2.24) is 44.1 Å². The molecule has 2 aliphatic heterocycles. The zero-order valence-electron chi connectivity index (χ0n) is 27.7. The van der Waals surface area contributed by atoms with Gasteiger partial charge in [-0.25, -0.2) is 23.4 Å². The van der Waals surface area contributed by atoms with Crippen molar-refractivity contribution in [2.24, 2.45) is 0 Å². The minimum Gasteiger partial charge on any atom is -0.354 e. The number of hydrogen-bond acceptors (Lipinski definition) is 11. The van der Waals surface area contributed by atoms with Crippen LogP contribution in [-0.4, -0.2) is 84.6 Å². The summed E-state index contributed by atoms with van der Waals surface area (Å²) in [5, 5.41) is 16.0. The number of carbonyl (C=O) groups is 1. The highest BCUT2D eigenvalue weighted by molar-refractivity contribution is 7.90. The van der Waals surface area contributed by atoms with Gasteiger partial charge in [0.2, 0.25) is 0 Å². The summed E-state index contributed by atoms with van der Waals surface area (Å²) in [6.45, 7) is 7.48. The third-order valence-electron chi connectivity index (χ3n) is 9.67. The van der Waals surface area contributed by atoms with E-state index in [0.717, 1.165) is 64.4 Å². The zero-order valence-corrected chi connectivity index (χ0v) is 28.6. The Labute approximate surface area is 284 Å². The average Bonchev–Trinajstić information content (AvgIpc) is 3.56. The smallest absolute Gasteiger partial charge is 0.256 e. The predicted molar refractivity (Wildman–Crippen MR) is 186 cm³/mol. The monoisotopic (exact) mass is 681 g/mol. The molecule has 3 aliphatic rings. The van der Waals surface area contributed by atoms with Crippen molar-refractivity contribution >= 4 is 44.3 Å². The van der Waals surface area contributed by atoms with E-state index in [2.05, 4.69) is 68.5 Å². The highest BCUT2D eigenvalue weighted by atomic mass is 32.2. The molecule has 2 N–H and O–H groups in total. The van der Waals surface area contributed by atoms with Gasteiger partial charge in [0.15, 0.2) is 11.6 Å². The summed E-state index contributed by atoms with van der Waals surface area (Å²) >= 11 is 0. The number of hydrogen-bond donors (Lipinski definition) is 2. The Bertz CT molecular complexity index is 2160.